The SMILES string of the molecule is CNC(CN1CCCC1CN(C)C)(C(N)=O)C1CC1. The topological polar surface area (TPSA) is 61.6 Å². The summed E-state index contributed by atoms with van der Waals surface area (Å²) in [6, 6.07) is 0.556. The molecule has 2 aliphatic rings. The van der Waals surface area contributed by atoms with Crippen LogP contribution in [-0.2, 0) is 4.79 Å². The number of likely N-dealkylation sites (tertiary alicyclic amines) is 1. The van der Waals surface area contributed by atoms with Crippen LogP contribution in [0.25, 0.3) is 0 Å². The van der Waals surface area contributed by atoms with E-state index in [-0.39, 0.29) is 5.91 Å². The van der Waals surface area contributed by atoms with Gasteiger partial charge in [-0.25, -0.2) is 0 Å². The van der Waals surface area contributed by atoms with Gasteiger partial charge in [-0.05, 0) is 59.3 Å². The number of amides is 1. The molecule has 1 heterocycles. The molecule has 1 amide bonds. The molecule has 2 atom stereocenters. The molecule has 19 heavy (non-hydrogen) atoms. The fourth-order valence-electron chi connectivity index (χ4n) is 3.44. The molecular weight excluding hydrogens is 240 g/mol. The van der Waals surface area contributed by atoms with Crippen molar-refractivity contribution >= 4 is 5.91 Å². The van der Waals surface area contributed by atoms with E-state index in [1.165, 1.54) is 12.8 Å². The Kier molecular flexibility index (Phi) is 4.48. The molecule has 1 aliphatic carbocycles. The van der Waals surface area contributed by atoms with Gasteiger partial charge in [-0.2, -0.15) is 0 Å². The molecule has 3 N–H and O–H groups in total. The number of carbonyl (C=O) groups is 1. The van der Waals surface area contributed by atoms with Crippen molar-refractivity contribution in [1.29, 1.82) is 0 Å². The van der Waals surface area contributed by atoms with Crippen LogP contribution >= 0.6 is 0 Å². The molecule has 110 valence electrons. The molecule has 1 saturated carbocycles. The summed E-state index contributed by atoms with van der Waals surface area (Å²) < 4.78 is 0. The Morgan fingerprint density at radius 2 is 2.11 bits per heavy atom. The number of hydrogen-bond acceptors (Lipinski definition) is 4. The van der Waals surface area contributed by atoms with Gasteiger partial charge in [0.1, 0.15) is 5.54 Å². The van der Waals surface area contributed by atoms with Gasteiger partial charge in [0.05, 0.1) is 0 Å². The van der Waals surface area contributed by atoms with E-state index in [2.05, 4.69) is 29.2 Å². The highest BCUT2D eigenvalue weighted by molar-refractivity contribution is 5.86. The van der Waals surface area contributed by atoms with Gasteiger partial charge in [-0.1, -0.05) is 0 Å². The van der Waals surface area contributed by atoms with Crippen LogP contribution in [0.4, 0.5) is 0 Å². The Balaban J connectivity index is 2.06. The Morgan fingerprint density at radius 3 is 2.58 bits per heavy atom. The van der Waals surface area contributed by atoms with Gasteiger partial charge in [-0.15, -0.1) is 0 Å². The Labute approximate surface area is 116 Å². The quantitative estimate of drug-likeness (QED) is 0.675. The number of likely N-dealkylation sites (N-methyl/N-ethyl adjacent to an activating group) is 2. The van der Waals surface area contributed by atoms with Crippen molar-refractivity contribution in [2.24, 2.45) is 11.7 Å². The second kappa shape index (κ2) is 5.77. The first-order valence-corrected chi connectivity index (χ1v) is 7.37. The minimum Gasteiger partial charge on any atom is -0.368 e. The first kappa shape index (κ1) is 14.8. The summed E-state index contributed by atoms with van der Waals surface area (Å²) >= 11 is 0. The molecule has 1 aliphatic heterocycles. The predicted molar refractivity (Wildman–Crippen MR) is 76.9 cm³/mol. The van der Waals surface area contributed by atoms with Crippen LogP contribution in [0, 0.1) is 5.92 Å². The molecule has 0 aromatic carbocycles. The Hall–Kier alpha value is -0.650. The van der Waals surface area contributed by atoms with Crippen molar-refractivity contribution < 1.29 is 4.79 Å². The maximum absolute atomic E-state index is 12.0. The Bertz CT molecular complexity index is 329. The van der Waals surface area contributed by atoms with E-state index in [1.807, 2.05) is 7.05 Å². The number of nitrogens with zero attached hydrogens (tertiary/aromatic N) is 2. The number of nitrogens with one attached hydrogen (secondary N) is 1. The summed E-state index contributed by atoms with van der Waals surface area (Å²) in [5, 5.41) is 3.25. The largest absolute Gasteiger partial charge is 0.368 e. The summed E-state index contributed by atoms with van der Waals surface area (Å²) in [7, 11) is 6.09. The summed E-state index contributed by atoms with van der Waals surface area (Å²) in [4.78, 5) is 16.7. The van der Waals surface area contributed by atoms with Crippen molar-refractivity contribution in [3.63, 3.8) is 0 Å². The lowest BCUT2D eigenvalue weighted by molar-refractivity contribution is -0.126. The first-order chi connectivity index (χ1) is 8.99. The van der Waals surface area contributed by atoms with E-state index in [4.69, 9.17) is 5.73 Å². The maximum atomic E-state index is 12.0. The molecule has 5 heteroatoms. The lowest BCUT2D eigenvalue weighted by atomic mass is 9.91. The smallest absolute Gasteiger partial charge is 0.239 e. The highest BCUT2D eigenvalue weighted by atomic mass is 16.1. The molecule has 0 aromatic heterocycles. The monoisotopic (exact) mass is 268 g/mol. The van der Waals surface area contributed by atoms with E-state index in [0.29, 0.717) is 12.0 Å². The molecule has 0 radical (unpaired) electrons. The van der Waals surface area contributed by atoms with Crippen LogP contribution in [0.1, 0.15) is 25.7 Å². The number of carbonyl (C=O) groups excluding carboxylic acids is 1. The van der Waals surface area contributed by atoms with Gasteiger partial charge in [-0.3, -0.25) is 9.69 Å². The third-order valence-electron chi connectivity index (χ3n) is 4.69. The molecule has 0 aromatic rings. The van der Waals surface area contributed by atoms with Gasteiger partial charge in [0.25, 0.3) is 0 Å². The van der Waals surface area contributed by atoms with Crippen molar-refractivity contribution in [3.05, 3.63) is 0 Å². The number of hydrogen-bond donors (Lipinski definition) is 2. The van der Waals surface area contributed by atoms with Crippen molar-refractivity contribution in [3.8, 4) is 0 Å². The van der Waals surface area contributed by atoms with Gasteiger partial charge in [0, 0.05) is 19.1 Å². The summed E-state index contributed by atoms with van der Waals surface area (Å²) in [6.07, 6.45) is 4.69. The minimum absolute atomic E-state index is 0.187. The van der Waals surface area contributed by atoms with E-state index < -0.39 is 5.54 Å². The van der Waals surface area contributed by atoms with Gasteiger partial charge < -0.3 is 16.0 Å². The third kappa shape index (κ3) is 3.09. The molecule has 2 unspecified atom stereocenters. The Morgan fingerprint density at radius 1 is 1.42 bits per heavy atom. The van der Waals surface area contributed by atoms with Gasteiger partial charge in [0.2, 0.25) is 5.91 Å². The fraction of sp³-hybridized carbons (Fsp3) is 0.929. The van der Waals surface area contributed by atoms with Crippen molar-refractivity contribution in [1.82, 2.24) is 15.1 Å². The fourth-order valence-corrected chi connectivity index (χ4v) is 3.44. The van der Waals surface area contributed by atoms with Crippen molar-refractivity contribution in [2.75, 3.05) is 40.8 Å². The van der Waals surface area contributed by atoms with E-state index >= 15 is 0 Å². The zero-order chi connectivity index (χ0) is 14.0. The number of rotatable bonds is 7. The second-order valence-electron chi connectivity index (χ2n) is 6.39. The van der Waals surface area contributed by atoms with Crippen LogP contribution < -0.4 is 11.1 Å². The standard InChI is InChI=1S/C14H28N4O/c1-16-14(13(15)19,11-6-7-11)10-18-8-4-5-12(18)9-17(2)3/h11-12,16H,4-10H2,1-3H3,(H2,15,19). The predicted octanol–water partition coefficient (Wildman–Crippen LogP) is -0.134. The molecule has 1 saturated heterocycles. The highest BCUT2D eigenvalue weighted by Crippen LogP contribution is 2.40. The normalized spacial score (nSPS) is 27.7. The molecule has 0 spiro atoms. The van der Waals surface area contributed by atoms with Gasteiger partial charge in [0.15, 0.2) is 0 Å². The van der Waals surface area contributed by atoms with Crippen molar-refractivity contribution in [2.45, 2.75) is 37.3 Å². The number of primary amides is 1. The average Bonchev–Trinajstić information content (AvgIpc) is 3.10. The van der Waals surface area contributed by atoms with Crippen LogP contribution in [0.15, 0.2) is 0 Å². The minimum atomic E-state index is -0.519. The van der Waals surface area contributed by atoms with Gasteiger partial charge >= 0.3 is 0 Å². The van der Waals surface area contributed by atoms with E-state index in [9.17, 15) is 4.79 Å². The maximum Gasteiger partial charge on any atom is 0.239 e. The molecule has 5 nitrogen and oxygen atoms in total. The third-order valence-corrected chi connectivity index (χ3v) is 4.69. The molecular formula is C14H28N4O. The number of nitrogens with two attached hydrogens (primary N) is 1. The van der Waals surface area contributed by atoms with Crippen LogP contribution in [-0.4, -0.2) is 68.1 Å². The first-order valence-electron chi connectivity index (χ1n) is 7.37. The van der Waals surface area contributed by atoms with E-state index in [0.717, 1.165) is 32.5 Å². The highest BCUT2D eigenvalue weighted by Gasteiger charge is 2.50. The van der Waals surface area contributed by atoms with Crippen LogP contribution in [0.3, 0.4) is 0 Å². The second-order valence-corrected chi connectivity index (χ2v) is 6.39. The van der Waals surface area contributed by atoms with Crippen LogP contribution in [0.2, 0.25) is 0 Å². The molecule has 2 rings (SSSR count). The lowest BCUT2D eigenvalue weighted by Gasteiger charge is -2.37. The summed E-state index contributed by atoms with van der Waals surface area (Å²) in [5.41, 5.74) is 5.19. The zero-order valence-electron chi connectivity index (χ0n) is 12.5. The summed E-state index contributed by atoms with van der Waals surface area (Å²) in [5.74, 6) is 0.239. The average molecular weight is 268 g/mol. The molecule has 2 fully saturated rings. The lowest BCUT2D eigenvalue weighted by Crippen LogP contribution is -2.63. The molecule has 0 bridgehead atoms. The zero-order valence-corrected chi connectivity index (χ0v) is 12.5. The van der Waals surface area contributed by atoms with E-state index in [1.54, 1.807) is 0 Å². The summed E-state index contributed by atoms with van der Waals surface area (Å²) in [6.45, 7) is 2.91. The van der Waals surface area contributed by atoms with Crippen LogP contribution in [0.5, 0.6) is 0 Å².